The maximum atomic E-state index is 14.6. The summed E-state index contributed by atoms with van der Waals surface area (Å²) in [6.07, 6.45) is 1.04. The fraction of sp³-hybridized carbons (Fsp3) is 0.364. The lowest BCUT2D eigenvalue weighted by Crippen LogP contribution is -2.60. The number of aromatic nitrogens is 1. The van der Waals surface area contributed by atoms with E-state index in [9.17, 15) is 18.4 Å². The number of aliphatic carboxylic acids is 1. The number of benzene rings is 1. The number of ether oxygens (including phenoxy) is 1. The molecule has 0 saturated carbocycles. The van der Waals surface area contributed by atoms with Crippen LogP contribution in [-0.4, -0.2) is 64.7 Å². The van der Waals surface area contributed by atoms with E-state index in [-0.39, 0.29) is 31.8 Å². The number of aliphatic imine (C=N–C) groups is 1. The molecular weight excluding hydrogens is 534 g/mol. The first kappa shape index (κ1) is 24.4. The van der Waals surface area contributed by atoms with E-state index in [4.69, 9.17) is 14.8 Å². The second kappa shape index (κ2) is 9.88. The van der Waals surface area contributed by atoms with Gasteiger partial charge in [-0.05, 0) is 24.6 Å². The maximum Gasteiger partial charge on any atom is 0.338 e. The lowest BCUT2D eigenvalue weighted by Gasteiger charge is -2.44. The molecule has 3 heterocycles. The predicted octanol–water partition coefficient (Wildman–Crippen LogP) is 3.45. The number of carboxylic acids is 1. The quantitative estimate of drug-likeness (QED) is 0.481. The van der Waals surface area contributed by atoms with E-state index in [0.29, 0.717) is 26.6 Å². The van der Waals surface area contributed by atoms with E-state index in [1.54, 1.807) is 23.4 Å². The molecule has 0 radical (unpaired) electrons. The van der Waals surface area contributed by atoms with Crippen LogP contribution in [0.15, 0.2) is 50.5 Å². The number of likely N-dealkylation sites (tertiary alicyclic amines) is 1. The molecule has 1 fully saturated rings. The monoisotopic (exact) mass is 554 g/mol. The second-order valence-corrected chi connectivity index (χ2v) is 9.74. The molecule has 0 aliphatic carbocycles. The van der Waals surface area contributed by atoms with E-state index in [0.717, 1.165) is 0 Å². The number of carbonyl (C=O) groups excluding carboxylic acids is 1. The number of carbonyl (C=O) groups is 2. The number of nitrogens with one attached hydrogen (secondary N) is 1. The van der Waals surface area contributed by atoms with Crippen LogP contribution in [0.25, 0.3) is 0 Å². The minimum atomic E-state index is -1.82. The number of alkyl halides is 1. The van der Waals surface area contributed by atoms with Crippen LogP contribution in [0.3, 0.4) is 0 Å². The standard InChI is InChI=1S/C22H21BrF2N4O4S/c1-2-33-21(32)17-15(9-29-10-22(25,11-29)8-16(30)31)27-19(20-26-5-6-34-20)28-18(17)13-4-3-12(24)7-14(13)23/h3-7,18H,2,8-11H2,1H3,(H,27,28)(H,30,31). The Labute approximate surface area is 206 Å². The minimum Gasteiger partial charge on any atom is -0.481 e. The molecule has 0 spiro atoms. The zero-order valence-electron chi connectivity index (χ0n) is 18.1. The Balaban J connectivity index is 1.74. The lowest BCUT2D eigenvalue weighted by atomic mass is 9.91. The highest BCUT2D eigenvalue weighted by Gasteiger charge is 2.46. The van der Waals surface area contributed by atoms with Gasteiger partial charge in [-0.15, -0.1) is 11.3 Å². The number of rotatable bonds is 8. The van der Waals surface area contributed by atoms with Gasteiger partial charge in [-0.1, -0.05) is 22.0 Å². The average molecular weight is 555 g/mol. The van der Waals surface area contributed by atoms with Crippen molar-refractivity contribution in [2.24, 2.45) is 4.99 Å². The summed E-state index contributed by atoms with van der Waals surface area (Å²) < 4.78 is 34.2. The third kappa shape index (κ3) is 5.18. The van der Waals surface area contributed by atoms with Crippen LogP contribution in [0.4, 0.5) is 8.78 Å². The van der Waals surface area contributed by atoms with Crippen molar-refractivity contribution in [1.29, 1.82) is 0 Å². The van der Waals surface area contributed by atoms with Crippen molar-refractivity contribution in [3.8, 4) is 0 Å². The molecule has 2 N–H and O–H groups in total. The zero-order valence-corrected chi connectivity index (χ0v) is 20.5. The largest absolute Gasteiger partial charge is 0.481 e. The van der Waals surface area contributed by atoms with E-state index >= 15 is 0 Å². The number of carboxylic acid groups (broad SMARTS) is 1. The van der Waals surface area contributed by atoms with Crippen LogP contribution >= 0.6 is 27.3 Å². The number of hydrogen-bond acceptors (Lipinski definition) is 8. The summed E-state index contributed by atoms with van der Waals surface area (Å²) in [5, 5.41) is 14.5. The average Bonchev–Trinajstić information content (AvgIpc) is 3.26. The third-order valence-corrected chi connectivity index (χ3v) is 6.84. The topological polar surface area (TPSA) is 104 Å². The molecule has 2 aromatic rings. The van der Waals surface area contributed by atoms with Gasteiger partial charge in [0.2, 0.25) is 0 Å². The van der Waals surface area contributed by atoms with E-state index < -0.39 is 35.9 Å². The number of thiazole rings is 1. The number of amidine groups is 1. The SMILES string of the molecule is CCOC(=O)C1=C(CN2CC(F)(CC(=O)O)C2)NC(c2nccs2)=NC1c1ccc(F)cc1Br. The molecule has 0 bridgehead atoms. The number of hydrogen-bond donors (Lipinski definition) is 2. The molecule has 12 heteroatoms. The maximum absolute atomic E-state index is 14.6. The van der Waals surface area contributed by atoms with Gasteiger partial charge in [0.15, 0.2) is 10.8 Å². The Hall–Kier alpha value is -2.70. The Morgan fingerprint density at radius 2 is 2.18 bits per heavy atom. The van der Waals surface area contributed by atoms with Gasteiger partial charge >= 0.3 is 11.9 Å². The van der Waals surface area contributed by atoms with Gasteiger partial charge in [0.1, 0.15) is 17.5 Å². The first-order valence-corrected chi connectivity index (χ1v) is 12.1. The molecule has 8 nitrogen and oxygen atoms in total. The molecule has 0 amide bonds. The Morgan fingerprint density at radius 1 is 1.41 bits per heavy atom. The summed E-state index contributed by atoms with van der Waals surface area (Å²) in [6, 6.07) is 3.27. The van der Waals surface area contributed by atoms with Gasteiger partial charge in [-0.3, -0.25) is 14.7 Å². The Kier molecular flexibility index (Phi) is 7.10. The molecule has 1 atom stereocenters. The summed E-state index contributed by atoms with van der Waals surface area (Å²) >= 11 is 4.71. The van der Waals surface area contributed by atoms with Crippen LogP contribution in [-0.2, 0) is 14.3 Å². The summed E-state index contributed by atoms with van der Waals surface area (Å²) in [5.74, 6) is -1.85. The Bertz CT molecular complexity index is 1170. The summed E-state index contributed by atoms with van der Waals surface area (Å²) in [7, 11) is 0. The molecule has 1 unspecified atom stereocenters. The van der Waals surface area contributed by atoms with Crippen molar-refractivity contribution < 1.29 is 28.2 Å². The highest BCUT2D eigenvalue weighted by molar-refractivity contribution is 9.10. The van der Waals surface area contributed by atoms with Gasteiger partial charge in [0.25, 0.3) is 0 Å². The normalized spacial score (nSPS) is 19.8. The van der Waals surface area contributed by atoms with Crippen molar-refractivity contribution >= 4 is 45.0 Å². The fourth-order valence-electron chi connectivity index (χ4n) is 4.04. The van der Waals surface area contributed by atoms with Crippen LogP contribution in [0, 0.1) is 5.82 Å². The predicted molar refractivity (Wildman–Crippen MR) is 125 cm³/mol. The molecule has 1 aromatic carbocycles. The number of nitrogens with zero attached hydrogens (tertiary/aromatic N) is 3. The first-order valence-electron chi connectivity index (χ1n) is 10.4. The van der Waals surface area contributed by atoms with Crippen molar-refractivity contribution in [2.45, 2.75) is 25.1 Å². The fourth-order valence-corrected chi connectivity index (χ4v) is 5.20. The van der Waals surface area contributed by atoms with Gasteiger partial charge in [0.05, 0.1) is 18.6 Å². The van der Waals surface area contributed by atoms with E-state index in [1.165, 1.54) is 29.5 Å². The highest BCUT2D eigenvalue weighted by Crippen LogP contribution is 2.38. The van der Waals surface area contributed by atoms with Gasteiger partial charge in [0, 0.05) is 41.4 Å². The molecule has 4 rings (SSSR count). The van der Waals surface area contributed by atoms with Crippen LogP contribution in [0.5, 0.6) is 0 Å². The van der Waals surface area contributed by atoms with Gasteiger partial charge in [-0.25, -0.2) is 18.6 Å². The van der Waals surface area contributed by atoms with Gasteiger partial charge in [-0.2, -0.15) is 0 Å². The number of esters is 1. The molecule has 2 aliphatic rings. The van der Waals surface area contributed by atoms with Crippen molar-refractivity contribution in [3.63, 3.8) is 0 Å². The Morgan fingerprint density at radius 3 is 2.79 bits per heavy atom. The lowest BCUT2D eigenvalue weighted by molar-refractivity contribution is -0.144. The summed E-state index contributed by atoms with van der Waals surface area (Å²) in [4.78, 5) is 34.7. The van der Waals surface area contributed by atoms with Crippen molar-refractivity contribution in [2.75, 3.05) is 26.2 Å². The second-order valence-electron chi connectivity index (χ2n) is 7.99. The molecule has 2 aliphatic heterocycles. The first-order chi connectivity index (χ1) is 16.2. The summed E-state index contributed by atoms with van der Waals surface area (Å²) in [6.45, 7) is 1.77. The van der Waals surface area contributed by atoms with Crippen LogP contribution in [0.1, 0.15) is 30.0 Å². The van der Waals surface area contributed by atoms with Gasteiger partial charge < -0.3 is 15.2 Å². The molecule has 1 aromatic heterocycles. The minimum absolute atomic E-state index is 0.0881. The smallest absolute Gasteiger partial charge is 0.338 e. The zero-order chi connectivity index (χ0) is 24.5. The summed E-state index contributed by atoms with van der Waals surface area (Å²) in [5.41, 5.74) is -0.621. The van der Waals surface area contributed by atoms with Crippen LogP contribution in [0.2, 0.25) is 0 Å². The third-order valence-electron chi connectivity index (χ3n) is 5.38. The van der Waals surface area contributed by atoms with Crippen molar-refractivity contribution in [3.05, 3.63) is 61.9 Å². The molecule has 1 saturated heterocycles. The molecule has 34 heavy (non-hydrogen) atoms. The molecule has 180 valence electrons. The molecular formula is C22H21BrF2N4O4S. The highest BCUT2D eigenvalue weighted by atomic mass is 79.9. The van der Waals surface area contributed by atoms with E-state index in [1.807, 2.05) is 0 Å². The number of halogens is 3. The van der Waals surface area contributed by atoms with E-state index in [2.05, 4.69) is 26.2 Å². The van der Waals surface area contributed by atoms with Crippen LogP contribution < -0.4 is 5.32 Å². The van der Waals surface area contributed by atoms with Crippen molar-refractivity contribution in [1.82, 2.24) is 15.2 Å².